The van der Waals surface area contributed by atoms with E-state index >= 15 is 0 Å². The molecule has 1 aliphatic rings. The molecule has 0 bridgehead atoms. The molecule has 0 saturated heterocycles. The van der Waals surface area contributed by atoms with Gasteiger partial charge in [0, 0.05) is 17.7 Å². The van der Waals surface area contributed by atoms with Gasteiger partial charge in [0.15, 0.2) is 6.19 Å². The van der Waals surface area contributed by atoms with Gasteiger partial charge in [0.2, 0.25) is 5.96 Å². The van der Waals surface area contributed by atoms with E-state index in [1.54, 1.807) is 32.0 Å². The molecule has 0 fully saturated rings. The average molecular weight is 406 g/mol. The van der Waals surface area contributed by atoms with Gasteiger partial charge in [-0.05, 0) is 38.1 Å². The number of fused-ring (bicyclic) bond motifs is 1. The summed E-state index contributed by atoms with van der Waals surface area (Å²) in [6, 6.07) is 11.2. The van der Waals surface area contributed by atoms with Crippen molar-refractivity contribution in [2.45, 2.75) is 31.6 Å². The number of guanidine groups is 1. The van der Waals surface area contributed by atoms with E-state index in [-0.39, 0.29) is 17.3 Å². The Kier molecular flexibility index (Phi) is 5.28. The number of benzene rings is 2. The molecule has 0 radical (unpaired) electrons. The highest BCUT2D eigenvalue weighted by Gasteiger charge is 2.43. The smallest absolute Gasteiger partial charge is 0.271 e. The number of anilines is 1. The van der Waals surface area contributed by atoms with Gasteiger partial charge in [-0.2, -0.15) is 10.5 Å². The fourth-order valence-corrected chi connectivity index (χ4v) is 3.16. The second kappa shape index (κ2) is 7.70. The number of rotatable bonds is 3. The van der Waals surface area contributed by atoms with Crippen LogP contribution in [0.4, 0.5) is 11.4 Å². The second-order valence-corrected chi connectivity index (χ2v) is 7.16. The molecular weight excluding hydrogens is 388 g/mol. The first-order valence-corrected chi connectivity index (χ1v) is 8.86. The van der Waals surface area contributed by atoms with Crippen molar-refractivity contribution in [2.75, 3.05) is 4.90 Å². The zero-order chi connectivity index (χ0) is 22.1. The summed E-state index contributed by atoms with van der Waals surface area (Å²) in [5.74, 6) is 0.165. The van der Waals surface area contributed by atoms with E-state index in [0.717, 1.165) is 4.90 Å². The van der Waals surface area contributed by atoms with E-state index in [1.165, 1.54) is 24.3 Å². The molecule has 3 N–H and O–H groups in total. The van der Waals surface area contributed by atoms with Gasteiger partial charge in [-0.25, -0.2) is 9.89 Å². The molecule has 0 amide bonds. The monoisotopic (exact) mass is 406 g/mol. The fraction of sp³-hybridized carbons (Fsp3) is 0.250. The molecule has 2 aromatic rings. The van der Waals surface area contributed by atoms with E-state index < -0.39 is 22.7 Å². The molecule has 10 heteroatoms. The Morgan fingerprint density at radius 1 is 1.33 bits per heavy atom. The van der Waals surface area contributed by atoms with Gasteiger partial charge in [0.1, 0.15) is 23.5 Å². The Labute approximate surface area is 172 Å². The zero-order valence-corrected chi connectivity index (χ0v) is 16.2. The molecule has 0 aromatic heterocycles. The van der Waals surface area contributed by atoms with Gasteiger partial charge >= 0.3 is 0 Å². The number of nitrogens with zero attached hydrogens (tertiary/aromatic N) is 5. The molecule has 0 saturated carbocycles. The standard InChI is InChI=1S/C20H18N6O4/c1-20(2)18(27)17(15-8-12(10-21)6-7-16(15)30-20)24-19(23)25(11-22)13-4-3-5-14(9-13)26(28)29/h3-9,17-18,27H,1-2H3,(H2,23,24)/t17-,18+/m1/s1. The van der Waals surface area contributed by atoms with Crippen LogP contribution in [0.15, 0.2) is 47.5 Å². The average Bonchev–Trinajstić information content (AvgIpc) is 2.71. The van der Waals surface area contributed by atoms with Gasteiger partial charge < -0.3 is 15.6 Å². The molecule has 2 atom stereocenters. The number of hydrogen-bond acceptors (Lipinski definition) is 7. The minimum Gasteiger partial charge on any atom is -0.485 e. The first-order chi connectivity index (χ1) is 14.2. The van der Waals surface area contributed by atoms with Crippen LogP contribution in [0.25, 0.3) is 0 Å². The van der Waals surface area contributed by atoms with Gasteiger partial charge in [0.05, 0.1) is 22.2 Å². The van der Waals surface area contributed by atoms with Crippen molar-refractivity contribution in [1.82, 2.24) is 0 Å². The Morgan fingerprint density at radius 3 is 2.70 bits per heavy atom. The minimum atomic E-state index is -1.14. The lowest BCUT2D eigenvalue weighted by Gasteiger charge is -2.40. The number of nitrogens with two attached hydrogens (primary N) is 1. The van der Waals surface area contributed by atoms with E-state index in [9.17, 15) is 25.7 Å². The quantitative estimate of drug-likeness (QED) is 0.196. The SMILES string of the molecule is CC1(C)Oc2ccc(C#N)cc2[C@@H](N=C(N)N(C#N)c2cccc([N+](=O)[O-])c2)[C@@H]1O. The van der Waals surface area contributed by atoms with E-state index in [0.29, 0.717) is 16.9 Å². The molecule has 10 nitrogen and oxygen atoms in total. The van der Waals surface area contributed by atoms with Crippen LogP contribution < -0.4 is 15.4 Å². The molecule has 2 aromatic carbocycles. The van der Waals surface area contributed by atoms with Crippen LogP contribution in [0.5, 0.6) is 5.75 Å². The van der Waals surface area contributed by atoms with E-state index in [4.69, 9.17) is 10.5 Å². The third kappa shape index (κ3) is 3.72. The van der Waals surface area contributed by atoms with Crippen molar-refractivity contribution >= 4 is 17.3 Å². The van der Waals surface area contributed by atoms with Gasteiger partial charge in [-0.3, -0.25) is 10.1 Å². The lowest BCUT2D eigenvalue weighted by Crippen LogP contribution is -2.49. The summed E-state index contributed by atoms with van der Waals surface area (Å²) in [6.07, 6.45) is 0.710. The molecule has 0 spiro atoms. The van der Waals surface area contributed by atoms with Gasteiger partial charge in [0.25, 0.3) is 5.69 Å². The number of aliphatic hydroxyl groups excluding tert-OH is 1. The number of nitriles is 2. The third-order valence-corrected chi connectivity index (χ3v) is 4.74. The predicted octanol–water partition coefficient (Wildman–Crippen LogP) is 2.34. The lowest BCUT2D eigenvalue weighted by atomic mass is 9.86. The summed E-state index contributed by atoms with van der Waals surface area (Å²) in [4.78, 5) is 15.7. The number of hydrogen-bond donors (Lipinski definition) is 2. The fourth-order valence-electron chi connectivity index (χ4n) is 3.16. The minimum absolute atomic E-state index is 0.153. The number of nitro benzene ring substituents is 1. The maximum Gasteiger partial charge on any atom is 0.271 e. The summed E-state index contributed by atoms with van der Waals surface area (Å²) in [6.45, 7) is 3.36. The summed E-state index contributed by atoms with van der Waals surface area (Å²) in [5.41, 5.74) is 5.78. The summed E-state index contributed by atoms with van der Waals surface area (Å²) in [5, 5.41) is 40.6. The molecule has 3 rings (SSSR count). The Balaban J connectivity index is 2.08. The highest BCUT2D eigenvalue weighted by atomic mass is 16.6. The second-order valence-electron chi connectivity index (χ2n) is 7.16. The highest BCUT2D eigenvalue weighted by Crippen LogP contribution is 2.42. The maximum absolute atomic E-state index is 11.0. The number of ether oxygens (including phenoxy) is 1. The predicted molar refractivity (Wildman–Crippen MR) is 107 cm³/mol. The molecule has 0 aliphatic carbocycles. The number of aliphatic hydroxyl groups is 1. The molecular formula is C20H18N6O4. The van der Waals surface area contributed by atoms with Crippen LogP contribution in [0.2, 0.25) is 0 Å². The van der Waals surface area contributed by atoms with Crippen molar-refractivity contribution in [3.8, 4) is 18.0 Å². The summed E-state index contributed by atoms with van der Waals surface area (Å²) in [7, 11) is 0. The summed E-state index contributed by atoms with van der Waals surface area (Å²) >= 11 is 0. The van der Waals surface area contributed by atoms with Crippen molar-refractivity contribution in [1.29, 1.82) is 10.5 Å². The number of non-ortho nitro benzene ring substituents is 1. The van der Waals surface area contributed by atoms with Gasteiger partial charge in [-0.1, -0.05) is 6.07 Å². The van der Waals surface area contributed by atoms with Crippen LogP contribution in [0.1, 0.15) is 31.0 Å². The summed E-state index contributed by atoms with van der Waals surface area (Å²) < 4.78 is 5.83. The van der Waals surface area contributed by atoms with Crippen molar-refractivity contribution in [2.24, 2.45) is 10.7 Å². The zero-order valence-electron chi connectivity index (χ0n) is 16.2. The normalized spacial score (nSPS) is 19.6. The van der Waals surface area contributed by atoms with Crippen molar-refractivity contribution < 1.29 is 14.8 Å². The molecule has 1 heterocycles. The van der Waals surface area contributed by atoms with Crippen LogP contribution >= 0.6 is 0 Å². The molecule has 30 heavy (non-hydrogen) atoms. The largest absolute Gasteiger partial charge is 0.485 e. The first-order valence-electron chi connectivity index (χ1n) is 8.86. The van der Waals surface area contributed by atoms with Crippen molar-refractivity contribution in [3.05, 3.63) is 63.7 Å². The lowest BCUT2D eigenvalue weighted by molar-refractivity contribution is -0.384. The van der Waals surface area contributed by atoms with Crippen LogP contribution in [-0.2, 0) is 0 Å². The van der Waals surface area contributed by atoms with E-state index in [1.807, 2.05) is 12.3 Å². The topological polar surface area (TPSA) is 162 Å². The van der Waals surface area contributed by atoms with E-state index in [2.05, 4.69) is 4.99 Å². The van der Waals surface area contributed by atoms with Crippen molar-refractivity contribution in [3.63, 3.8) is 0 Å². The van der Waals surface area contributed by atoms with Crippen LogP contribution in [0.3, 0.4) is 0 Å². The highest BCUT2D eigenvalue weighted by molar-refractivity contribution is 5.97. The molecule has 0 unspecified atom stereocenters. The Bertz CT molecular complexity index is 1120. The first kappa shape index (κ1) is 20.6. The Hall–Kier alpha value is -4.15. The molecule has 1 aliphatic heterocycles. The maximum atomic E-state index is 11.0. The van der Waals surface area contributed by atoms with Crippen LogP contribution in [-0.4, -0.2) is 27.7 Å². The van der Waals surface area contributed by atoms with Gasteiger partial charge in [-0.15, -0.1) is 0 Å². The molecule has 152 valence electrons. The third-order valence-electron chi connectivity index (χ3n) is 4.74. The Morgan fingerprint density at radius 2 is 2.07 bits per heavy atom. The number of aliphatic imine (C=N–C) groups is 1. The van der Waals surface area contributed by atoms with Crippen LogP contribution in [0, 0.1) is 32.9 Å². The number of nitro groups is 1.